The zero-order valence-electron chi connectivity index (χ0n) is 34.3. The first-order valence-corrected chi connectivity index (χ1v) is 20.9. The predicted molar refractivity (Wildman–Crippen MR) is 223 cm³/mol. The monoisotopic (exact) mass is 765 g/mol. The molecule has 2 saturated heterocycles. The summed E-state index contributed by atoms with van der Waals surface area (Å²) in [4.78, 5) is 39.8. The molecule has 1 aliphatic carbocycles. The number of methoxy groups -OCH3 is 1. The van der Waals surface area contributed by atoms with Crippen LogP contribution in [0.1, 0.15) is 69.4 Å². The predicted octanol–water partition coefficient (Wildman–Crippen LogP) is 6.95. The second kappa shape index (κ2) is 18.0. The molecule has 2 amide bonds. The Hall–Kier alpha value is -4.12. The van der Waals surface area contributed by atoms with E-state index in [1.165, 1.54) is 11.3 Å². The number of hydrogen-bond donors (Lipinski definition) is 0. The lowest BCUT2D eigenvalue weighted by molar-refractivity contribution is -0.138. The Balaban J connectivity index is 1.08. The van der Waals surface area contributed by atoms with Crippen LogP contribution in [0, 0.1) is 5.92 Å². The van der Waals surface area contributed by atoms with Gasteiger partial charge in [-0.2, -0.15) is 0 Å². The molecular formula is C46H63N5O5. The zero-order chi connectivity index (χ0) is 39.2. The number of rotatable bonds is 14. The number of nitrogens with zero attached hydrogens (tertiary/aromatic N) is 5. The number of piperazine rings is 1. The van der Waals surface area contributed by atoms with Crippen molar-refractivity contribution in [3.05, 3.63) is 83.9 Å². The van der Waals surface area contributed by atoms with Crippen LogP contribution in [-0.2, 0) is 14.3 Å². The Morgan fingerprint density at radius 3 is 2.32 bits per heavy atom. The number of amides is 2. The first-order chi connectivity index (χ1) is 27.1. The van der Waals surface area contributed by atoms with E-state index in [1.54, 1.807) is 12.0 Å². The molecule has 1 saturated carbocycles. The molecule has 3 aliphatic heterocycles. The Kier molecular flexibility index (Phi) is 12.9. The maximum atomic E-state index is 15.1. The van der Waals surface area contributed by atoms with Gasteiger partial charge in [0.15, 0.2) is 0 Å². The standard InChI is InChI=1S/C46H63N5O5/c1-46(2,3)56-45(53)50-22-20-40(36-11-8-10-35(30-36)34-14-18-39(19-15-34)55-29-27-48-25-23-47(4)24-26-48)42(33-50)44(52)51(38-16-17-38)32-37-31-49(21-9-28-54-5)43-13-7-6-12-41(37)43/h6-8,10-15,18-19,30,37-38,40,42H,9,16-17,20-29,31-33H2,1-5H3/t37?,40-,42+/m1/s1. The van der Waals surface area contributed by atoms with Crippen LogP contribution >= 0.6 is 0 Å². The second-order valence-electron chi connectivity index (χ2n) is 17.3. The summed E-state index contributed by atoms with van der Waals surface area (Å²) in [6.45, 7) is 15.8. The van der Waals surface area contributed by atoms with Crippen molar-refractivity contribution in [3.63, 3.8) is 0 Å². The number of carbonyl (C=O) groups excluding carboxylic acids is 2. The molecule has 0 N–H and O–H groups in total. The number of likely N-dealkylation sites (tertiary alicyclic amines) is 1. The number of benzene rings is 3. The van der Waals surface area contributed by atoms with Gasteiger partial charge in [0.1, 0.15) is 18.0 Å². The molecule has 0 bridgehead atoms. The lowest BCUT2D eigenvalue weighted by atomic mass is 9.78. The van der Waals surface area contributed by atoms with E-state index in [0.717, 1.165) is 94.1 Å². The molecule has 7 rings (SSSR count). The van der Waals surface area contributed by atoms with Crippen molar-refractivity contribution >= 4 is 17.7 Å². The number of ether oxygens (including phenoxy) is 3. The van der Waals surface area contributed by atoms with Crippen molar-refractivity contribution in [2.45, 2.75) is 69.9 Å². The lowest BCUT2D eigenvalue weighted by Gasteiger charge is -2.41. The molecule has 0 aromatic heterocycles. The largest absolute Gasteiger partial charge is 0.492 e. The van der Waals surface area contributed by atoms with Crippen LogP contribution in [0.25, 0.3) is 11.1 Å². The van der Waals surface area contributed by atoms with Gasteiger partial charge in [0.25, 0.3) is 0 Å². The number of carbonyl (C=O) groups is 2. The van der Waals surface area contributed by atoms with Gasteiger partial charge >= 0.3 is 6.09 Å². The number of likely N-dealkylation sites (N-methyl/N-ethyl adjacent to an activating group) is 1. The third-order valence-electron chi connectivity index (χ3n) is 12.0. The zero-order valence-corrected chi connectivity index (χ0v) is 34.3. The average molecular weight is 766 g/mol. The van der Waals surface area contributed by atoms with E-state index < -0.39 is 5.60 Å². The van der Waals surface area contributed by atoms with Gasteiger partial charge in [0.05, 0.1) is 5.92 Å². The summed E-state index contributed by atoms with van der Waals surface area (Å²) in [5.74, 6) is 0.856. The maximum absolute atomic E-state index is 15.1. The summed E-state index contributed by atoms with van der Waals surface area (Å²) in [5, 5.41) is 0. The number of anilines is 1. The van der Waals surface area contributed by atoms with Crippen LogP contribution in [0.15, 0.2) is 72.8 Å². The van der Waals surface area contributed by atoms with Gasteiger partial charge in [-0.15, -0.1) is 0 Å². The van der Waals surface area contributed by atoms with E-state index in [4.69, 9.17) is 14.2 Å². The molecule has 3 aromatic carbocycles. The maximum Gasteiger partial charge on any atom is 0.410 e. The number of hydrogen-bond acceptors (Lipinski definition) is 8. The molecule has 302 valence electrons. The highest BCUT2D eigenvalue weighted by atomic mass is 16.6. The van der Waals surface area contributed by atoms with E-state index in [1.807, 2.05) is 20.8 Å². The van der Waals surface area contributed by atoms with Gasteiger partial charge in [-0.25, -0.2) is 4.79 Å². The summed E-state index contributed by atoms with van der Waals surface area (Å²) < 4.78 is 17.3. The van der Waals surface area contributed by atoms with E-state index >= 15 is 4.79 Å². The highest BCUT2D eigenvalue weighted by molar-refractivity contribution is 5.82. The van der Waals surface area contributed by atoms with Gasteiger partial charge in [-0.05, 0) is 99.9 Å². The van der Waals surface area contributed by atoms with Gasteiger partial charge in [0, 0.05) is 96.8 Å². The minimum atomic E-state index is -0.613. The second-order valence-corrected chi connectivity index (χ2v) is 17.3. The van der Waals surface area contributed by atoms with Crippen LogP contribution in [0.3, 0.4) is 0 Å². The Bertz CT molecular complexity index is 1770. The fourth-order valence-corrected chi connectivity index (χ4v) is 8.76. The van der Waals surface area contributed by atoms with E-state index in [-0.39, 0.29) is 35.8 Å². The Labute approximate surface area is 334 Å². The summed E-state index contributed by atoms with van der Waals surface area (Å²) in [6, 6.07) is 26.0. The van der Waals surface area contributed by atoms with Gasteiger partial charge in [-0.1, -0.05) is 54.6 Å². The molecule has 3 aromatic rings. The van der Waals surface area contributed by atoms with E-state index in [9.17, 15) is 4.79 Å². The van der Waals surface area contributed by atoms with Crippen molar-refractivity contribution in [1.82, 2.24) is 19.6 Å². The fraction of sp³-hybridized carbons (Fsp3) is 0.565. The van der Waals surface area contributed by atoms with Crippen molar-refractivity contribution in [2.24, 2.45) is 5.92 Å². The molecule has 1 unspecified atom stereocenters. The molecule has 56 heavy (non-hydrogen) atoms. The van der Waals surface area contributed by atoms with Crippen molar-refractivity contribution in [2.75, 3.05) is 97.7 Å². The third-order valence-corrected chi connectivity index (χ3v) is 12.0. The summed E-state index contributed by atoms with van der Waals surface area (Å²) >= 11 is 0. The van der Waals surface area contributed by atoms with Crippen LogP contribution in [-0.4, -0.2) is 136 Å². The van der Waals surface area contributed by atoms with Gasteiger partial charge in [0.2, 0.25) is 5.91 Å². The highest BCUT2D eigenvalue weighted by Crippen LogP contribution is 2.42. The molecule has 4 aliphatic rings. The van der Waals surface area contributed by atoms with Gasteiger partial charge < -0.3 is 33.8 Å². The number of fused-ring (bicyclic) bond motifs is 1. The summed E-state index contributed by atoms with van der Waals surface area (Å²) in [7, 11) is 3.93. The van der Waals surface area contributed by atoms with Crippen LogP contribution in [0.4, 0.5) is 10.5 Å². The van der Waals surface area contributed by atoms with Crippen molar-refractivity contribution in [3.8, 4) is 16.9 Å². The average Bonchev–Trinajstić information content (AvgIpc) is 3.99. The topological polar surface area (TPSA) is 78.0 Å². The molecule has 10 heteroatoms. The molecular weight excluding hydrogens is 703 g/mol. The number of para-hydroxylation sites is 1. The highest BCUT2D eigenvalue weighted by Gasteiger charge is 2.45. The lowest BCUT2D eigenvalue weighted by Crippen LogP contribution is -2.51. The first-order valence-electron chi connectivity index (χ1n) is 20.9. The first kappa shape index (κ1) is 40.1. The third kappa shape index (κ3) is 10.1. The van der Waals surface area contributed by atoms with E-state index in [0.29, 0.717) is 32.7 Å². The molecule has 3 heterocycles. The number of piperidine rings is 1. The van der Waals surface area contributed by atoms with E-state index in [2.05, 4.69) is 99.4 Å². The Morgan fingerprint density at radius 1 is 0.821 bits per heavy atom. The fourth-order valence-electron chi connectivity index (χ4n) is 8.76. The van der Waals surface area contributed by atoms with Crippen LogP contribution in [0.5, 0.6) is 5.75 Å². The minimum Gasteiger partial charge on any atom is -0.492 e. The normalized spacial score (nSPS) is 21.8. The summed E-state index contributed by atoms with van der Waals surface area (Å²) in [6.07, 6.45) is 3.35. The molecule has 3 atom stereocenters. The van der Waals surface area contributed by atoms with Crippen LogP contribution in [0.2, 0.25) is 0 Å². The van der Waals surface area contributed by atoms with Crippen molar-refractivity contribution in [1.29, 1.82) is 0 Å². The quantitative estimate of drug-likeness (QED) is 0.163. The minimum absolute atomic E-state index is 0.0269. The van der Waals surface area contributed by atoms with Crippen LogP contribution < -0.4 is 9.64 Å². The molecule has 0 spiro atoms. The van der Waals surface area contributed by atoms with Gasteiger partial charge in [-0.3, -0.25) is 9.69 Å². The smallest absolute Gasteiger partial charge is 0.410 e. The van der Waals surface area contributed by atoms with Crippen molar-refractivity contribution < 1.29 is 23.8 Å². The SMILES string of the molecule is COCCCN1CC(CN(C(=O)[C@H]2CN(C(=O)OC(C)(C)C)CC[C@@H]2c2cccc(-c3ccc(OCCN4CCN(C)CC4)cc3)c2)C2CC2)c2ccccc21. The summed E-state index contributed by atoms with van der Waals surface area (Å²) in [5.41, 5.74) is 5.34. The molecule has 0 radical (unpaired) electrons. The molecule has 3 fully saturated rings. The molecule has 10 nitrogen and oxygen atoms in total. The Morgan fingerprint density at radius 2 is 1.59 bits per heavy atom.